The highest BCUT2D eigenvalue weighted by molar-refractivity contribution is 5.71. The third-order valence-corrected chi connectivity index (χ3v) is 14.0. The first-order chi connectivity index (χ1) is 33.5. The molecule has 0 spiro atoms. The van der Waals surface area contributed by atoms with Gasteiger partial charge in [0.1, 0.15) is 13.2 Å². The van der Waals surface area contributed by atoms with E-state index in [-0.39, 0.29) is 31.1 Å². The summed E-state index contributed by atoms with van der Waals surface area (Å²) in [5.41, 5.74) is 0. The fraction of sp³-hybridized carbons (Fsp3) is 0.919. The maximum Gasteiger partial charge on any atom is 0.306 e. The average Bonchev–Trinajstić information content (AvgIpc) is 3.34. The summed E-state index contributed by atoms with van der Waals surface area (Å²) in [6, 6.07) is 0. The predicted octanol–water partition coefficient (Wildman–Crippen LogP) is 20.5. The number of hydrogen-bond acceptors (Lipinski definition) is 6. The van der Waals surface area contributed by atoms with Gasteiger partial charge in [-0.3, -0.25) is 14.4 Å². The summed E-state index contributed by atoms with van der Waals surface area (Å²) in [4.78, 5) is 38.2. The molecule has 0 fully saturated rings. The van der Waals surface area contributed by atoms with Crippen LogP contribution in [0.1, 0.15) is 348 Å². The molecule has 0 N–H and O–H groups in total. The standard InChI is InChI=1S/C62H118O6/c1-4-7-10-13-16-19-22-25-28-30-32-34-37-40-43-46-49-52-55-61(64)67-58-59(57-66-60(63)54-51-48-45-42-39-36-27-24-21-18-15-12-9-6-3)68-62(65)56-53-50-47-44-41-38-35-33-31-29-26-23-20-17-14-11-8-5-2/h24,27,59H,4-23,25-26,28-58H2,1-3H3/b27-24-/t59-/m1/s1. The highest BCUT2D eigenvalue weighted by Crippen LogP contribution is 2.18. The second kappa shape index (κ2) is 57.7. The van der Waals surface area contributed by atoms with Crippen molar-refractivity contribution in [3.63, 3.8) is 0 Å². The summed E-state index contributed by atoms with van der Waals surface area (Å²) in [6.45, 7) is 6.69. The maximum absolute atomic E-state index is 12.9. The first kappa shape index (κ1) is 66.2. The van der Waals surface area contributed by atoms with Crippen molar-refractivity contribution in [1.82, 2.24) is 0 Å². The van der Waals surface area contributed by atoms with Gasteiger partial charge in [0.05, 0.1) is 0 Å². The van der Waals surface area contributed by atoms with Gasteiger partial charge in [-0.05, 0) is 44.9 Å². The van der Waals surface area contributed by atoms with E-state index in [1.165, 1.54) is 244 Å². The molecule has 0 aliphatic carbocycles. The molecule has 0 aromatic heterocycles. The van der Waals surface area contributed by atoms with Crippen LogP contribution in [0.4, 0.5) is 0 Å². The van der Waals surface area contributed by atoms with Crippen LogP contribution in [0.5, 0.6) is 0 Å². The minimum Gasteiger partial charge on any atom is -0.462 e. The van der Waals surface area contributed by atoms with E-state index in [9.17, 15) is 14.4 Å². The second-order valence-electron chi connectivity index (χ2n) is 21.0. The van der Waals surface area contributed by atoms with E-state index in [4.69, 9.17) is 14.2 Å². The average molecular weight is 960 g/mol. The SMILES string of the molecule is CCCCCCC/C=C\CCCCCCCC(=O)OC[C@H](COC(=O)CCCCCCCCCCCCCCCCCCCC)OC(=O)CCCCCCCCCCCCCCCCCCCC. The number of esters is 3. The van der Waals surface area contributed by atoms with Crippen LogP contribution < -0.4 is 0 Å². The molecule has 68 heavy (non-hydrogen) atoms. The van der Waals surface area contributed by atoms with E-state index in [1.54, 1.807) is 0 Å². The van der Waals surface area contributed by atoms with Gasteiger partial charge < -0.3 is 14.2 Å². The van der Waals surface area contributed by atoms with Crippen LogP contribution in [-0.2, 0) is 28.6 Å². The van der Waals surface area contributed by atoms with Crippen LogP contribution in [0.3, 0.4) is 0 Å². The highest BCUT2D eigenvalue weighted by Gasteiger charge is 2.19. The maximum atomic E-state index is 12.9. The van der Waals surface area contributed by atoms with Crippen LogP contribution in [0.25, 0.3) is 0 Å². The van der Waals surface area contributed by atoms with Crippen molar-refractivity contribution in [2.75, 3.05) is 13.2 Å². The lowest BCUT2D eigenvalue weighted by molar-refractivity contribution is -0.167. The van der Waals surface area contributed by atoms with Gasteiger partial charge in [-0.1, -0.05) is 296 Å². The Morgan fingerprint density at radius 2 is 0.485 bits per heavy atom. The molecule has 6 nitrogen and oxygen atoms in total. The van der Waals surface area contributed by atoms with E-state index in [0.717, 1.165) is 64.2 Å². The zero-order valence-corrected chi connectivity index (χ0v) is 46.2. The second-order valence-corrected chi connectivity index (χ2v) is 21.0. The quantitative estimate of drug-likeness (QED) is 0.0262. The summed E-state index contributed by atoms with van der Waals surface area (Å²) in [6.07, 6.45) is 66.4. The molecule has 0 bridgehead atoms. The number of unbranched alkanes of at least 4 members (excludes halogenated alkanes) is 44. The molecule has 0 amide bonds. The lowest BCUT2D eigenvalue weighted by Gasteiger charge is -2.18. The summed E-state index contributed by atoms with van der Waals surface area (Å²) in [5, 5.41) is 0. The van der Waals surface area contributed by atoms with E-state index in [1.807, 2.05) is 0 Å². The first-order valence-corrected chi connectivity index (χ1v) is 30.7. The Balaban J connectivity index is 4.30. The highest BCUT2D eigenvalue weighted by atomic mass is 16.6. The largest absolute Gasteiger partial charge is 0.462 e. The van der Waals surface area contributed by atoms with Crippen molar-refractivity contribution < 1.29 is 28.6 Å². The molecule has 1 atom stereocenters. The molecule has 402 valence electrons. The molecule has 0 aromatic carbocycles. The molecule has 0 saturated heterocycles. The van der Waals surface area contributed by atoms with Gasteiger partial charge in [0.25, 0.3) is 0 Å². The van der Waals surface area contributed by atoms with Crippen molar-refractivity contribution in [3.8, 4) is 0 Å². The van der Waals surface area contributed by atoms with E-state index >= 15 is 0 Å². The molecule has 0 aliphatic heterocycles. The van der Waals surface area contributed by atoms with Gasteiger partial charge in [-0.25, -0.2) is 0 Å². The van der Waals surface area contributed by atoms with E-state index in [2.05, 4.69) is 32.9 Å². The zero-order chi connectivity index (χ0) is 49.3. The van der Waals surface area contributed by atoms with Crippen molar-refractivity contribution in [1.29, 1.82) is 0 Å². The van der Waals surface area contributed by atoms with Crippen LogP contribution in [-0.4, -0.2) is 37.2 Å². The van der Waals surface area contributed by atoms with E-state index < -0.39 is 6.10 Å². The van der Waals surface area contributed by atoms with Gasteiger partial charge in [0, 0.05) is 19.3 Å². The van der Waals surface area contributed by atoms with Gasteiger partial charge in [-0.2, -0.15) is 0 Å². The molecular formula is C62H118O6. The Morgan fingerprint density at radius 1 is 0.279 bits per heavy atom. The fourth-order valence-corrected chi connectivity index (χ4v) is 9.38. The number of ether oxygens (including phenoxy) is 3. The minimum atomic E-state index is -0.768. The number of rotatable bonds is 57. The Morgan fingerprint density at radius 3 is 0.735 bits per heavy atom. The molecule has 0 heterocycles. The van der Waals surface area contributed by atoms with Crippen molar-refractivity contribution in [2.45, 2.75) is 354 Å². The summed E-state index contributed by atoms with van der Waals surface area (Å²) in [7, 11) is 0. The molecule has 0 aliphatic rings. The zero-order valence-electron chi connectivity index (χ0n) is 46.2. The lowest BCUT2D eigenvalue weighted by Crippen LogP contribution is -2.30. The Bertz CT molecular complexity index is 1060. The minimum absolute atomic E-state index is 0.0661. The van der Waals surface area contributed by atoms with E-state index in [0.29, 0.717) is 19.3 Å². The third kappa shape index (κ3) is 55.1. The topological polar surface area (TPSA) is 78.9 Å². The van der Waals surface area contributed by atoms with Gasteiger partial charge in [0.2, 0.25) is 0 Å². The smallest absolute Gasteiger partial charge is 0.306 e. The van der Waals surface area contributed by atoms with Crippen molar-refractivity contribution in [2.24, 2.45) is 0 Å². The molecule has 0 radical (unpaired) electrons. The van der Waals surface area contributed by atoms with Crippen LogP contribution in [0, 0.1) is 0 Å². The summed E-state index contributed by atoms with van der Waals surface area (Å²) >= 11 is 0. The van der Waals surface area contributed by atoms with Gasteiger partial charge >= 0.3 is 17.9 Å². The fourth-order valence-electron chi connectivity index (χ4n) is 9.38. The molecule has 0 saturated carbocycles. The Labute approximate surface area is 424 Å². The van der Waals surface area contributed by atoms with Crippen LogP contribution >= 0.6 is 0 Å². The van der Waals surface area contributed by atoms with Crippen molar-refractivity contribution >= 4 is 17.9 Å². The summed E-state index contributed by atoms with van der Waals surface area (Å²) < 4.78 is 16.9. The lowest BCUT2D eigenvalue weighted by atomic mass is 10.0. The van der Waals surface area contributed by atoms with Gasteiger partial charge in [-0.15, -0.1) is 0 Å². The molecular weight excluding hydrogens is 841 g/mol. The predicted molar refractivity (Wildman–Crippen MR) is 293 cm³/mol. The Kier molecular flexibility index (Phi) is 56.2. The third-order valence-electron chi connectivity index (χ3n) is 14.0. The number of carbonyl (C=O) groups excluding carboxylic acids is 3. The Hall–Kier alpha value is -1.85. The van der Waals surface area contributed by atoms with Crippen LogP contribution in [0.2, 0.25) is 0 Å². The first-order valence-electron chi connectivity index (χ1n) is 30.7. The number of allylic oxidation sites excluding steroid dienone is 2. The van der Waals surface area contributed by atoms with Crippen molar-refractivity contribution in [3.05, 3.63) is 12.2 Å². The number of hydrogen-bond donors (Lipinski definition) is 0. The molecule has 0 unspecified atom stereocenters. The molecule has 6 heteroatoms. The van der Waals surface area contributed by atoms with Gasteiger partial charge in [0.15, 0.2) is 6.10 Å². The normalized spacial score (nSPS) is 12.0. The summed E-state index contributed by atoms with van der Waals surface area (Å²) in [5.74, 6) is -0.847. The monoisotopic (exact) mass is 959 g/mol. The van der Waals surface area contributed by atoms with Crippen LogP contribution in [0.15, 0.2) is 12.2 Å². The molecule has 0 rings (SSSR count). The molecule has 0 aromatic rings. The number of carbonyl (C=O) groups is 3.